The van der Waals surface area contributed by atoms with Crippen LogP contribution in [0.3, 0.4) is 0 Å². The van der Waals surface area contributed by atoms with Crippen LogP contribution in [0.1, 0.15) is 25.8 Å². The maximum absolute atomic E-state index is 14.0. The Morgan fingerprint density at radius 3 is 2.78 bits per heavy atom. The number of nitrogens with zero attached hydrogens (tertiary/aromatic N) is 1. The van der Waals surface area contributed by atoms with Crippen LogP contribution in [-0.4, -0.2) is 20.1 Å². The fraction of sp³-hybridized carbons (Fsp3) is 0.600. The van der Waals surface area contributed by atoms with Crippen LogP contribution >= 0.6 is 0 Å². The molecule has 1 aromatic carbocycles. The van der Waals surface area contributed by atoms with Crippen molar-refractivity contribution in [2.45, 2.75) is 26.8 Å². The standard InChI is InChI=1S/C15H23FN2/c1-4-17-9-12-6-5-7-14(16)15(12)18(3)10-13-8-11(13)2/h5-7,11,13,17H,4,8-10H2,1-3H3. The van der Waals surface area contributed by atoms with Gasteiger partial charge in [-0.2, -0.15) is 0 Å². The van der Waals surface area contributed by atoms with Crippen molar-refractivity contribution >= 4 is 5.69 Å². The second kappa shape index (κ2) is 5.70. The van der Waals surface area contributed by atoms with E-state index >= 15 is 0 Å². The third-order valence-electron chi connectivity index (χ3n) is 3.80. The minimum Gasteiger partial charge on any atom is -0.372 e. The fourth-order valence-corrected chi connectivity index (χ4v) is 2.49. The van der Waals surface area contributed by atoms with Gasteiger partial charge in [0.05, 0.1) is 5.69 Å². The molecule has 18 heavy (non-hydrogen) atoms. The summed E-state index contributed by atoms with van der Waals surface area (Å²) < 4.78 is 14.0. The highest BCUT2D eigenvalue weighted by Crippen LogP contribution is 2.39. The third kappa shape index (κ3) is 3.02. The summed E-state index contributed by atoms with van der Waals surface area (Å²) >= 11 is 0. The van der Waals surface area contributed by atoms with Crippen LogP contribution in [-0.2, 0) is 6.54 Å². The summed E-state index contributed by atoms with van der Waals surface area (Å²) in [5, 5.41) is 3.27. The molecular formula is C15H23FN2. The summed E-state index contributed by atoms with van der Waals surface area (Å²) in [6.45, 7) is 6.92. The molecule has 1 aliphatic carbocycles. The number of para-hydroxylation sites is 1. The predicted octanol–water partition coefficient (Wildman–Crippen LogP) is 3.03. The SMILES string of the molecule is CCNCc1cccc(F)c1N(C)CC1CC1C. The lowest BCUT2D eigenvalue weighted by molar-refractivity contribution is 0.609. The molecule has 0 heterocycles. The largest absolute Gasteiger partial charge is 0.372 e. The van der Waals surface area contributed by atoms with E-state index in [1.807, 2.05) is 13.1 Å². The summed E-state index contributed by atoms with van der Waals surface area (Å²) in [6, 6.07) is 5.35. The first kappa shape index (κ1) is 13.3. The molecule has 0 spiro atoms. The Morgan fingerprint density at radius 2 is 2.17 bits per heavy atom. The lowest BCUT2D eigenvalue weighted by Crippen LogP contribution is -2.24. The number of anilines is 1. The Morgan fingerprint density at radius 1 is 1.44 bits per heavy atom. The lowest BCUT2D eigenvalue weighted by atomic mass is 10.1. The molecule has 3 heteroatoms. The van der Waals surface area contributed by atoms with E-state index in [1.165, 1.54) is 6.42 Å². The molecule has 2 atom stereocenters. The Balaban J connectivity index is 2.12. The molecule has 0 saturated heterocycles. The topological polar surface area (TPSA) is 15.3 Å². The Hall–Kier alpha value is -1.09. The molecule has 0 bridgehead atoms. The van der Waals surface area contributed by atoms with Gasteiger partial charge in [0.15, 0.2) is 0 Å². The van der Waals surface area contributed by atoms with Crippen molar-refractivity contribution in [1.29, 1.82) is 0 Å². The first-order chi connectivity index (χ1) is 8.63. The molecule has 1 N–H and O–H groups in total. The minimum absolute atomic E-state index is 0.110. The normalized spacial score (nSPS) is 22.0. The van der Waals surface area contributed by atoms with E-state index in [-0.39, 0.29) is 5.82 Å². The summed E-state index contributed by atoms with van der Waals surface area (Å²) in [7, 11) is 2.00. The number of nitrogens with one attached hydrogen (secondary N) is 1. The molecule has 2 rings (SSSR count). The van der Waals surface area contributed by atoms with Gasteiger partial charge in [0.2, 0.25) is 0 Å². The van der Waals surface area contributed by atoms with Gasteiger partial charge in [0, 0.05) is 20.1 Å². The van der Waals surface area contributed by atoms with Crippen LogP contribution in [0.4, 0.5) is 10.1 Å². The van der Waals surface area contributed by atoms with Gasteiger partial charge in [-0.3, -0.25) is 0 Å². The van der Waals surface area contributed by atoms with E-state index < -0.39 is 0 Å². The molecule has 2 unspecified atom stereocenters. The molecule has 100 valence electrons. The van der Waals surface area contributed by atoms with Gasteiger partial charge < -0.3 is 10.2 Å². The molecule has 0 aliphatic heterocycles. The number of rotatable bonds is 6. The molecule has 2 nitrogen and oxygen atoms in total. The third-order valence-corrected chi connectivity index (χ3v) is 3.80. The van der Waals surface area contributed by atoms with Crippen LogP contribution in [0.15, 0.2) is 18.2 Å². The van der Waals surface area contributed by atoms with Crippen molar-refractivity contribution < 1.29 is 4.39 Å². The first-order valence-electron chi connectivity index (χ1n) is 6.82. The average molecular weight is 250 g/mol. The van der Waals surface area contributed by atoms with Crippen LogP contribution in [0.5, 0.6) is 0 Å². The van der Waals surface area contributed by atoms with E-state index in [0.29, 0.717) is 0 Å². The summed E-state index contributed by atoms with van der Waals surface area (Å²) in [5.41, 5.74) is 1.81. The second-order valence-corrected chi connectivity index (χ2v) is 5.38. The zero-order valence-corrected chi connectivity index (χ0v) is 11.5. The van der Waals surface area contributed by atoms with Crippen molar-refractivity contribution in [3.8, 4) is 0 Å². The second-order valence-electron chi connectivity index (χ2n) is 5.38. The smallest absolute Gasteiger partial charge is 0.146 e. The minimum atomic E-state index is -0.110. The highest BCUT2D eigenvalue weighted by Gasteiger charge is 2.33. The van der Waals surface area contributed by atoms with Gasteiger partial charge in [-0.15, -0.1) is 0 Å². The monoisotopic (exact) mass is 250 g/mol. The zero-order valence-electron chi connectivity index (χ0n) is 11.5. The number of hydrogen-bond donors (Lipinski definition) is 1. The molecular weight excluding hydrogens is 227 g/mol. The van der Waals surface area contributed by atoms with Gasteiger partial charge in [-0.05, 0) is 36.4 Å². The van der Waals surface area contributed by atoms with E-state index in [9.17, 15) is 4.39 Å². The zero-order chi connectivity index (χ0) is 13.1. The predicted molar refractivity (Wildman–Crippen MR) is 74.3 cm³/mol. The van der Waals surface area contributed by atoms with E-state index in [2.05, 4.69) is 24.1 Å². The maximum atomic E-state index is 14.0. The van der Waals surface area contributed by atoms with E-state index in [4.69, 9.17) is 0 Å². The van der Waals surface area contributed by atoms with Crippen molar-refractivity contribution in [3.63, 3.8) is 0 Å². The van der Waals surface area contributed by atoms with Gasteiger partial charge >= 0.3 is 0 Å². The summed E-state index contributed by atoms with van der Waals surface area (Å²) in [6.07, 6.45) is 1.28. The van der Waals surface area contributed by atoms with Crippen molar-refractivity contribution in [2.75, 3.05) is 25.0 Å². The Kier molecular flexibility index (Phi) is 4.23. The maximum Gasteiger partial charge on any atom is 0.146 e. The first-order valence-corrected chi connectivity index (χ1v) is 6.82. The average Bonchev–Trinajstić information content (AvgIpc) is 3.02. The lowest BCUT2D eigenvalue weighted by Gasteiger charge is -2.23. The highest BCUT2D eigenvalue weighted by molar-refractivity contribution is 5.54. The Labute approximate surface area is 109 Å². The van der Waals surface area contributed by atoms with Crippen LogP contribution in [0.25, 0.3) is 0 Å². The van der Waals surface area contributed by atoms with Gasteiger partial charge in [-0.25, -0.2) is 4.39 Å². The van der Waals surface area contributed by atoms with Gasteiger partial charge in [0.25, 0.3) is 0 Å². The molecule has 1 aromatic rings. The molecule has 1 aliphatic rings. The highest BCUT2D eigenvalue weighted by atomic mass is 19.1. The van der Waals surface area contributed by atoms with Gasteiger partial charge in [-0.1, -0.05) is 26.0 Å². The molecule has 0 radical (unpaired) electrons. The van der Waals surface area contributed by atoms with Crippen molar-refractivity contribution in [2.24, 2.45) is 11.8 Å². The van der Waals surface area contributed by atoms with Crippen molar-refractivity contribution in [3.05, 3.63) is 29.6 Å². The Bertz CT molecular complexity index is 405. The van der Waals surface area contributed by atoms with E-state index in [1.54, 1.807) is 12.1 Å². The number of halogens is 1. The number of benzene rings is 1. The van der Waals surface area contributed by atoms with Crippen molar-refractivity contribution in [1.82, 2.24) is 5.32 Å². The molecule has 1 saturated carbocycles. The molecule has 0 aromatic heterocycles. The molecule has 0 amide bonds. The summed E-state index contributed by atoms with van der Waals surface area (Å²) in [4.78, 5) is 2.08. The molecule has 1 fully saturated rings. The van der Waals surface area contributed by atoms with Crippen LogP contribution in [0, 0.1) is 17.7 Å². The van der Waals surface area contributed by atoms with Crippen LogP contribution in [0.2, 0.25) is 0 Å². The fourth-order valence-electron chi connectivity index (χ4n) is 2.49. The summed E-state index contributed by atoms with van der Waals surface area (Å²) in [5.74, 6) is 1.43. The van der Waals surface area contributed by atoms with Gasteiger partial charge in [0.1, 0.15) is 5.82 Å². The quantitative estimate of drug-likeness (QED) is 0.835. The number of hydrogen-bond acceptors (Lipinski definition) is 2. The van der Waals surface area contributed by atoms with E-state index in [0.717, 1.165) is 42.7 Å². The van der Waals surface area contributed by atoms with Crippen LogP contribution < -0.4 is 10.2 Å².